The monoisotopic (exact) mass is 743 g/mol. The van der Waals surface area contributed by atoms with Crippen molar-refractivity contribution in [2.45, 2.75) is 31.2 Å². The number of hydrogen-bond acceptors (Lipinski definition) is 7. The number of rotatable bonds is 11. The third-order valence-electron chi connectivity index (χ3n) is 5.71. The van der Waals surface area contributed by atoms with Crippen molar-refractivity contribution < 1.29 is 35.9 Å². The Morgan fingerprint density at radius 1 is 1.22 bits per heavy atom. The Kier molecular flexibility index (Phi) is 11.3. The van der Waals surface area contributed by atoms with Crippen LogP contribution in [0.1, 0.15) is 40.7 Å². The maximum absolute atomic E-state index is 13.7. The molecule has 0 unspecified atom stereocenters. The van der Waals surface area contributed by atoms with Crippen molar-refractivity contribution in [1.82, 2.24) is 14.9 Å². The first kappa shape index (κ1) is 29.5. The van der Waals surface area contributed by atoms with Crippen molar-refractivity contribution in [2.24, 2.45) is 0 Å². The van der Waals surface area contributed by atoms with Crippen molar-refractivity contribution >= 4 is 51.7 Å². The summed E-state index contributed by atoms with van der Waals surface area (Å²) >= 11 is 3.00. The molecule has 7 nitrogen and oxygen atoms in total. The van der Waals surface area contributed by atoms with Gasteiger partial charge >= 0.3 is 241 Å². The van der Waals surface area contributed by atoms with E-state index in [1.165, 1.54) is 4.90 Å². The number of aliphatic hydroxyl groups excluding tert-OH is 1. The van der Waals surface area contributed by atoms with E-state index in [-0.39, 0.29) is 45.9 Å². The average molecular weight is 743 g/mol. The number of benzene rings is 2. The fourth-order valence-corrected chi connectivity index (χ4v) is 7.31. The van der Waals surface area contributed by atoms with Crippen molar-refractivity contribution in [3.05, 3.63) is 85.3 Å². The second-order valence-corrected chi connectivity index (χ2v) is 12.2. The van der Waals surface area contributed by atoms with E-state index in [9.17, 15) is 14.7 Å². The molecular weight excluding hydrogens is 714 g/mol. The van der Waals surface area contributed by atoms with Crippen molar-refractivity contribution in [3.63, 3.8) is 0 Å². The Balaban J connectivity index is 1.97. The van der Waals surface area contributed by atoms with Gasteiger partial charge in [0.05, 0.1) is 0 Å². The number of hydrogen-bond donors (Lipinski definition) is 2. The third kappa shape index (κ3) is 7.52. The van der Waals surface area contributed by atoms with Gasteiger partial charge in [-0.25, -0.2) is 0 Å². The molecule has 0 saturated carbocycles. The van der Waals surface area contributed by atoms with Crippen LogP contribution in [0.25, 0.3) is 11.1 Å². The van der Waals surface area contributed by atoms with Crippen LogP contribution in [0.3, 0.4) is 0 Å². The third-order valence-corrected chi connectivity index (χ3v) is 9.68. The predicted molar refractivity (Wildman–Crippen MR) is 153 cm³/mol. The number of halogens is 2. The van der Waals surface area contributed by atoms with E-state index in [1.54, 1.807) is 20.0 Å². The molecule has 0 aliphatic carbocycles. The van der Waals surface area contributed by atoms with Gasteiger partial charge in [0, 0.05) is 0 Å². The zero-order valence-electron chi connectivity index (χ0n) is 20.9. The summed E-state index contributed by atoms with van der Waals surface area (Å²) in [5.41, 5.74) is 11.2. The summed E-state index contributed by atoms with van der Waals surface area (Å²) in [7, 11) is 0. The Morgan fingerprint density at radius 2 is 1.95 bits per heavy atom. The van der Waals surface area contributed by atoms with Gasteiger partial charge in [0.25, 0.3) is 0 Å². The number of nitrogens with two attached hydrogens (primary N) is 1. The van der Waals surface area contributed by atoms with Crippen molar-refractivity contribution in [3.8, 4) is 11.1 Å². The molecule has 1 amide bonds. The molecular formula is C27H29I2N4O3S-. The van der Waals surface area contributed by atoms with Gasteiger partial charge in [-0.1, -0.05) is 0 Å². The van der Waals surface area contributed by atoms with Crippen LogP contribution in [-0.2, 0) is 15.8 Å². The first-order valence-electron chi connectivity index (χ1n) is 11.4. The first-order valence-corrected chi connectivity index (χ1v) is 17.0. The van der Waals surface area contributed by atoms with Crippen LogP contribution >= 0.6 is 34.4 Å². The molecule has 2 aromatic carbocycles. The molecule has 37 heavy (non-hydrogen) atoms. The van der Waals surface area contributed by atoms with E-state index in [4.69, 9.17) is 5.73 Å². The fourth-order valence-electron chi connectivity index (χ4n) is 3.73. The van der Waals surface area contributed by atoms with Crippen LogP contribution in [0.4, 0.5) is 5.82 Å². The number of aliphatic hydroxyl groups is 1. The number of nitrogens with zero attached hydrogens (tertiary/aromatic N) is 3. The van der Waals surface area contributed by atoms with Crippen LogP contribution < -0.4 is 26.9 Å². The number of thioether (sulfide) groups is 1. The summed E-state index contributed by atoms with van der Waals surface area (Å²) in [5, 5.41) is 9.68. The van der Waals surface area contributed by atoms with Crippen molar-refractivity contribution in [1.29, 1.82) is 0 Å². The summed E-state index contributed by atoms with van der Waals surface area (Å²) in [6.45, 7) is 3.54. The molecule has 3 N–H and O–H groups in total. The number of alkyl halides is 2. The first-order chi connectivity index (χ1) is 17.8. The number of carbonyl (C=O) groups is 2. The van der Waals surface area contributed by atoms with E-state index >= 15 is 0 Å². The molecule has 0 atom stereocenters. The summed E-state index contributed by atoms with van der Waals surface area (Å²) in [5.74, 6) is 0.855. The van der Waals surface area contributed by atoms with Crippen LogP contribution in [0.5, 0.6) is 0 Å². The number of amides is 1. The van der Waals surface area contributed by atoms with E-state index in [1.807, 2.05) is 18.2 Å². The Labute approximate surface area is 245 Å². The number of aromatic nitrogens is 2. The number of allylic oxidation sites excluding steroid dienone is 1. The standard InChI is InChI=1S/C27H29I2N4O3S/c1-17(33(16-35)15-22-14-31-18(2)32-26(22)30)24(9-10-34)37-27(36)25-21(13-28)11-20(12-23(25)29-3)19-7-5-4-6-8-19/h4-8,11-12,14,16,34H,9-10,13,15H2,1-3H3,(H2,30,31,32)/q-1/b24-17-. The molecule has 196 valence electrons. The second-order valence-electron chi connectivity index (χ2n) is 8.11. The number of anilines is 1. The second kappa shape index (κ2) is 14.2. The molecule has 0 radical (unpaired) electrons. The van der Waals surface area contributed by atoms with E-state index in [2.05, 4.69) is 61.8 Å². The fraction of sp³-hybridized carbons (Fsp3) is 0.259. The average Bonchev–Trinajstić information content (AvgIpc) is 2.91. The minimum absolute atomic E-state index is 0.0744. The molecule has 0 aliphatic heterocycles. The van der Waals surface area contributed by atoms with Crippen LogP contribution in [0, 0.1) is 10.5 Å². The van der Waals surface area contributed by atoms with Crippen LogP contribution in [0.15, 0.2) is 59.3 Å². The molecule has 3 aromatic rings. The Hall–Kier alpha value is -2.03. The number of carbonyl (C=O) groups excluding carboxylic acids is 2. The number of aryl methyl sites for hydroxylation is 1. The molecule has 1 heterocycles. The Bertz CT molecular complexity index is 1280. The zero-order chi connectivity index (χ0) is 26.9. The van der Waals surface area contributed by atoms with E-state index in [0.29, 0.717) is 38.6 Å². The van der Waals surface area contributed by atoms with E-state index < -0.39 is 0 Å². The molecule has 0 fully saturated rings. The van der Waals surface area contributed by atoms with Gasteiger partial charge in [0.2, 0.25) is 0 Å². The van der Waals surface area contributed by atoms with E-state index in [0.717, 1.165) is 37.6 Å². The molecule has 1 aromatic heterocycles. The van der Waals surface area contributed by atoms with Crippen LogP contribution in [-0.4, -0.2) is 43.0 Å². The summed E-state index contributed by atoms with van der Waals surface area (Å²) in [6, 6.07) is 14.4. The van der Waals surface area contributed by atoms with Gasteiger partial charge in [-0.3, -0.25) is 0 Å². The van der Waals surface area contributed by atoms with Gasteiger partial charge in [0.1, 0.15) is 0 Å². The SMILES string of the molecule is C[I-]c1cc(-c2ccccc2)cc(CI)c1C(=O)S/C(CCO)=C(/C)N(C=O)Cc1cnc(C)nc1N. The normalized spacial score (nSPS) is 11.8. The molecule has 3 rings (SSSR count). The Morgan fingerprint density at radius 3 is 2.54 bits per heavy atom. The minimum atomic E-state index is -0.381. The van der Waals surface area contributed by atoms with Gasteiger partial charge < -0.3 is 0 Å². The molecule has 0 aliphatic rings. The topological polar surface area (TPSA) is 109 Å². The number of nitrogen functional groups attached to an aromatic ring is 1. The molecule has 0 bridgehead atoms. The summed E-state index contributed by atoms with van der Waals surface area (Å²) < 4.78 is 1.78. The van der Waals surface area contributed by atoms with Gasteiger partial charge in [-0.2, -0.15) is 0 Å². The quantitative estimate of drug-likeness (QED) is 0.176. The van der Waals surface area contributed by atoms with Crippen molar-refractivity contribution in [2.75, 3.05) is 17.3 Å². The zero-order valence-corrected chi connectivity index (χ0v) is 26.0. The predicted octanol–water partition coefficient (Wildman–Crippen LogP) is 2.00. The van der Waals surface area contributed by atoms with Crippen LogP contribution in [0.2, 0.25) is 0 Å². The molecule has 0 saturated heterocycles. The van der Waals surface area contributed by atoms with Gasteiger partial charge in [-0.05, 0) is 6.92 Å². The summed E-state index contributed by atoms with van der Waals surface area (Å²) in [4.78, 5) is 38.3. The maximum atomic E-state index is 13.7. The summed E-state index contributed by atoms with van der Waals surface area (Å²) in [6.07, 6.45) is 2.55. The molecule has 0 spiro atoms. The van der Waals surface area contributed by atoms with Gasteiger partial charge in [-0.15, -0.1) is 0 Å². The molecule has 10 heteroatoms. The van der Waals surface area contributed by atoms with Gasteiger partial charge in [0.15, 0.2) is 0 Å².